The molecule has 0 bridgehead atoms. The molecule has 0 radical (unpaired) electrons. The molecule has 10 heteroatoms. The van der Waals surface area contributed by atoms with E-state index in [1.807, 2.05) is 55.7 Å². The van der Waals surface area contributed by atoms with Gasteiger partial charge in [0.1, 0.15) is 16.4 Å². The number of benzene rings is 2. The van der Waals surface area contributed by atoms with Gasteiger partial charge in [0.05, 0.1) is 11.3 Å². The summed E-state index contributed by atoms with van der Waals surface area (Å²) in [7, 11) is 0. The molecule has 2 aromatic carbocycles. The zero-order valence-electron chi connectivity index (χ0n) is 23.9. The molecule has 1 fully saturated rings. The second-order valence-corrected chi connectivity index (χ2v) is 11.9. The Hall–Kier alpha value is -4.83. The maximum absolute atomic E-state index is 14.5. The van der Waals surface area contributed by atoms with Crippen molar-refractivity contribution in [3.8, 4) is 5.00 Å². The number of imide groups is 2. The fraction of sp³-hybridized carbons (Fsp3) is 0.212. The molecule has 1 aliphatic heterocycles. The van der Waals surface area contributed by atoms with Crippen molar-refractivity contribution in [2.45, 2.75) is 46.5 Å². The summed E-state index contributed by atoms with van der Waals surface area (Å²) in [4.78, 5) is 54.4. The molecule has 3 heterocycles. The second kappa shape index (κ2) is 11.1. The third-order valence-corrected chi connectivity index (χ3v) is 9.13. The van der Waals surface area contributed by atoms with Crippen LogP contribution in [0.1, 0.15) is 56.2 Å². The molecule has 0 spiro atoms. The SMILES string of the molecule is Cc1ccc(NC(=O)c2c(-n3c(C)cc(/C=C4\C(=O)NC(=O)N(c5ccccc5F)C4=O)c3C)sc3c2CCCC3)cc1. The van der Waals surface area contributed by atoms with Crippen LogP contribution in [-0.2, 0) is 22.4 Å². The first-order chi connectivity index (χ1) is 20.6. The topological polar surface area (TPSA) is 101 Å². The molecule has 6 rings (SSSR count). The molecule has 2 aromatic heterocycles. The Bertz CT molecular complexity index is 1850. The molecule has 0 atom stereocenters. The first-order valence-electron chi connectivity index (χ1n) is 14.0. The monoisotopic (exact) mass is 596 g/mol. The van der Waals surface area contributed by atoms with Crippen LogP contribution >= 0.6 is 11.3 Å². The maximum Gasteiger partial charge on any atom is 0.336 e. The minimum absolute atomic E-state index is 0.188. The van der Waals surface area contributed by atoms with E-state index in [0.29, 0.717) is 27.4 Å². The Labute approximate surface area is 251 Å². The van der Waals surface area contributed by atoms with E-state index in [1.165, 1.54) is 29.2 Å². The van der Waals surface area contributed by atoms with Crippen LogP contribution in [-0.4, -0.2) is 28.3 Å². The van der Waals surface area contributed by atoms with Gasteiger partial charge in [0.2, 0.25) is 0 Å². The van der Waals surface area contributed by atoms with Crippen LogP contribution in [0.5, 0.6) is 0 Å². The highest BCUT2D eigenvalue weighted by atomic mass is 32.1. The number of nitrogens with zero attached hydrogens (tertiary/aromatic N) is 2. The molecule has 1 aliphatic carbocycles. The van der Waals surface area contributed by atoms with Crippen LogP contribution in [0.3, 0.4) is 0 Å². The number of barbiturate groups is 1. The molecule has 4 aromatic rings. The number of nitrogens with one attached hydrogen (secondary N) is 2. The number of halogens is 1. The van der Waals surface area contributed by atoms with Gasteiger partial charge in [-0.2, -0.15) is 0 Å². The summed E-state index contributed by atoms with van der Waals surface area (Å²) in [5.74, 6) is -2.74. The highest BCUT2D eigenvalue weighted by Crippen LogP contribution is 2.39. The van der Waals surface area contributed by atoms with Gasteiger partial charge < -0.3 is 9.88 Å². The van der Waals surface area contributed by atoms with Crippen molar-refractivity contribution in [1.29, 1.82) is 0 Å². The Balaban J connectivity index is 1.41. The fourth-order valence-electron chi connectivity index (χ4n) is 5.68. The summed E-state index contributed by atoms with van der Waals surface area (Å²) in [6.45, 7) is 5.74. The zero-order valence-corrected chi connectivity index (χ0v) is 24.7. The lowest BCUT2D eigenvalue weighted by Gasteiger charge is -2.26. The molecule has 5 amide bonds. The third-order valence-electron chi connectivity index (χ3n) is 7.86. The number of carbonyl (C=O) groups is 4. The molecular weight excluding hydrogens is 567 g/mol. The minimum Gasteiger partial charge on any atom is -0.322 e. The Morgan fingerprint density at radius 3 is 2.47 bits per heavy atom. The van der Waals surface area contributed by atoms with Crippen molar-refractivity contribution in [2.75, 3.05) is 10.2 Å². The number of para-hydroxylation sites is 1. The first kappa shape index (κ1) is 28.3. The predicted molar refractivity (Wildman–Crippen MR) is 164 cm³/mol. The lowest BCUT2D eigenvalue weighted by Crippen LogP contribution is -2.54. The predicted octanol–water partition coefficient (Wildman–Crippen LogP) is 6.40. The number of fused-ring (bicyclic) bond motifs is 1. The second-order valence-electron chi connectivity index (χ2n) is 10.8. The molecular formula is C33H29FN4O4S. The summed E-state index contributed by atoms with van der Waals surface area (Å²) in [5, 5.41) is 5.98. The van der Waals surface area contributed by atoms with Crippen molar-refractivity contribution in [2.24, 2.45) is 0 Å². The number of aromatic nitrogens is 1. The van der Waals surface area contributed by atoms with E-state index in [2.05, 4.69) is 10.6 Å². The zero-order chi connectivity index (χ0) is 30.4. The van der Waals surface area contributed by atoms with Gasteiger partial charge in [0.15, 0.2) is 0 Å². The summed E-state index contributed by atoms with van der Waals surface area (Å²) in [6, 6.07) is 13.8. The Kier molecular flexibility index (Phi) is 7.31. The lowest BCUT2D eigenvalue weighted by molar-refractivity contribution is -0.122. The maximum atomic E-state index is 14.5. The number of carbonyl (C=O) groups excluding carboxylic acids is 4. The van der Waals surface area contributed by atoms with Crippen molar-refractivity contribution < 1.29 is 23.6 Å². The summed E-state index contributed by atoms with van der Waals surface area (Å²) in [5.41, 5.74) is 5.02. The Morgan fingerprint density at radius 1 is 1.00 bits per heavy atom. The summed E-state index contributed by atoms with van der Waals surface area (Å²) in [6.07, 6.45) is 5.18. The molecule has 0 unspecified atom stereocenters. The molecule has 1 saturated heterocycles. The summed E-state index contributed by atoms with van der Waals surface area (Å²) < 4.78 is 16.5. The standard InChI is InChI=1S/C33H29FN4O4S/c1-18-12-14-22(15-13-18)35-30(40)28-23-8-4-7-11-27(23)43-32(28)37-19(2)16-21(20(37)3)17-24-29(39)36-33(42)38(31(24)41)26-10-6-5-9-25(26)34/h5-6,9-10,12-17H,4,7-8,11H2,1-3H3,(H,35,40)(H,36,39,42)/b24-17+. The van der Waals surface area contributed by atoms with Gasteiger partial charge in [-0.05, 0) is 94.0 Å². The normalized spacial score (nSPS) is 16.0. The van der Waals surface area contributed by atoms with Crippen LogP contribution in [0, 0.1) is 26.6 Å². The molecule has 2 N–H and O–H groups in total. The highest BCUT2D eigenvalue weighted by Gasteiger charge is 2.38. The van der Waals surface area contributed by atoms with Crippen molar-refractivity contribution in [3.63, 3.8) is 0 Å². The van der Waals surface area contributed by atoms with Crippen molar-refractivity contribution in [3.05, 3.63) is 105 Å². The third kappa shape index (κ3) is 5.08. The number of rotatable bonds is 5. The van der Waals surface area contributed by atoms with Gasteiger partial charge in [0, 0.05) is 22.0 Å². The van der Waals surface area contributed by atoms with Gasteiger partial charge >= 0.3 is 6.03 Å². The number of thiophene rings is 1. The van der Waals surface area contributed by atoms with E-state index in [9.17, 15) is 23.6 Å². The molecule has 43 heavy (non-hydrogen) atoms. The average molecular weight is 597 g/mol. The lowest BCUT2D eigenvalue weighted by atomic mass is 9.95. The van der Waals surface area contributed by atoms with Crippen LogP contribution in [0.2, 0.25) is 0 Å². The van der Waals surface area contributed by atoms with Crippen molar-refractivity contribution >= 4 is 52.5 Å². The molecule has 0 saturated carbocycles. The van der Waals surface area contributed by atoms with E-state index in [4.69, 9.17) is 0 Å². The smallest absolute Gasteiger partial charge is 0.322 e. The first-order valence-corrected chi connectivity index (χ1v) is 14.8. The number of anilines is 2. The van der Waals surface area contributed by atoms with E-state index in [1.54, 1.807) is 11.3 Å². The van der Waals surface area contributed by atoms with Crippen molar-refractivity contribution in [1.82, 2.24) is 9.88 Å². The average Bonchev–Trinajstić information content (AvgIpc) is 3.48. The minimum atomic E-state index is -1.02. The quantitative estimate of drug-likeness (QED) is 0.206. The number of aryl methyl sites for hydroxylation is 3. The van der Waals surface area contributed by atoms with Crippen LogP contribution in [0.15, 0.2) is 60.2 Å². The Morgan fingerprint density at radius 2 is 1.72 bits per heavy atom. The number of hydrogen-bond acceptors (Lipinski definition) is 5. The van der Waals surface area contributed by atoms with Crippen LogP contribution in [0.25, 0.3) is 11.1 Å². The van der Waals surface area contributed by atoms with Gasteiger partial charge in [-0.25, -0.2) is 14.1 Å². The van der Waals surface area contributed by atoms with Gasteiger partial charge in [-0.1, -0.05) is 29.8 Å². The largest absolute Gasteiger partial charge is 0.336 e. The number of amides is 5. The number of urea groups is 1. The van der Waals surface area contributed by atoms with Gasteiger partial charge in [-0.15, -0.1) is 11.3 Å². The van der Waals surface area contributed by atoms with Crippen LogP contribution in [0.4, 0.5) is 20.6 Å². The van der Waals surface area contributed by atoms with E-state index in [-0.39, 0.29) is 17.2 Å². The van der Waals surface area contributed by atoms with Gasteiger partial charge in [-0.3, -0.25) is 19.7 Å². The molecule has 8 nitrogen and oxygen atoms in total. The highest BCUT2D eigenvalue weighted by molar-refractivity contribution is 7.15. The summed E-state index contributed by atoms with van der Waals surface area (Å²) >= 11 is 1.59. The molecule has 218 valence electrons. The van der Waals surface area contributed by atoms with E-state index in [0.717, 1.165) is 53.6 Å². The fourth-order valence-corrected chi connectivity index (χ4v) is 7.18. The van der Waals surface area contributed by atoms with E-state index >= 15 is 0 Å². The molecule has 2 aliphatic rings. The van der Waals surface area contributed by atoms with Crippen LogP contribution < -0.4 is 15.5 Å². The number of hydrogen-bond donors (Lipinski definition) is 2. The van der Waals surface area contributed by atoms with E-state index < -0.39 is 23.7 Å². The van der Waals surface area contributed by atoms with Gasteiger partial charge in [0.25, 0.3) is 17.7 Å².